The third kappa shape index (κ3) is 3.40. The van der Waals surface area contributed by atoms with Gasteiger partial charge < -0.3 is 16.0 Å². The SMILES string of the molecule is CC(C(=O)NC1CCCC1)N(C)c1cccc(N)c1. The van der Waals surface area contributed by atoms with Gasteiger partial charge in [0.2, 0.25) is 5.91 Å². The van der Waals surface area contributed by atoms with Crippen LogP contribution in [-0.2, 0) is 4.79 Å². The van der Waals surface area contributed by atoms with Crippen LogP contribution < -0.4 is 16.0 Å². The lowest BCUT2D eigenvalue weighted by Crippen LogP contribution is -2.46. The maximum absolute atomic E-state index is 12.2. The average molecular weight is 261 g/mol. The number of benzene rings is 1. The van der Waals surface area contributed by atoms with Crippen molar-refractivity contribution in [3.8, 4) is 0 Å². The van der Waals surface area contributed by atoms with Gasteiger partial charge in [-0.1, -0.05) is 18.9 Å². The van der Waals surface area contributed by atoms with E-state index in [1.807, 2.05) is 43.1 Å². The van der Waals surface area contributed by atoms with Crippen LogP contribution in [0.25, 0.3) is 0 Å². The summed E-state index contributed by atoms with van der Waals surface area (Å²) >= 11 is 0. The Bertz CT molecular complexity index is 441. The van der Waals surface area contributed by atoms with Crippen molar-refractivity contribution in [3.05, 3.63) is 24.3 Å². The van der Waals surface area contributed by atoms with Crippen LogP contribution in [0.2, 0.25) is 0 Å². The first-order valence-electron chi connectivity index (χ1n) is 6.96. The predicted octanol–water partition coefficient (Wildman–Crippen LogP) is 2.15. The van der Waals surface area contributed by atoms with Gasteiger partial charge in [-0.15, -0.1) is 0 Å². The minimum Gasteiger partial charge on any atom is -0.399 e. The van der Waals surface area contributed by atoms with Crippen molar-refractivity contribution in [2.75, 3.05) is 17.7 Å². The van der Waals surface area contributed by atoms with Crippen LogP contribution in [-0.4, -0.2) is 25.0 Å². The Morgan fingerprint density at radius 3 is 2.74 bits per heavy atom. The zero-order valence-corrected chi connectivity index (χ0v) is 11.7. The number of anilines is 2. The predicted molar refractivity (Wildman–Crippen MR) is 79.1 cm³/mol. The molecule has 1 aromatic rings. The van der Waals surface area contributed by atoms with Crippen molar-refractivity contribution in [1.29, 1.82) is 0 Å². The smallest absolute Gasteiger partial charge is 0.242 e. The Labute approximate surface area is 115 Å². The monoisotopic (exact) mass is 261 g/mol. The Kier molecular flexibility index (Phi) is 4.30. The molecule has 4 nitrogen and oxygen atoms in total. The minimum absolute atomic E-state index is 0.0943. The van der Waals surface area contributed by atoms with E-state index in [0.29, 0.717) is 11.7 Å². The fourth-order valence-corrected chi connectivity index (χ4v) is 2.54. The Morgan fingerprint density at radius 1 is 1.42 bits per heavy atom. The molecule has 1 atom stereocenters. The van der Waals surface area contributed by atoms with Crippen LogP contribution in [0.4, 0.5) is 11.4 Å². The van der Waals surface area contributed by atoms with E-state index in [4.69, 9.17) is 5.73 Å². The lowest BCUT2D eigenvalue weighted by molar-refractivity contribution is -0.122. The molecular formula is C15H23N3O. The second-order valence-corrected chi connectivity index (χ2v) is 5.37. The summed E-state index contributed by atoms with van der Waals surface area (Å²) in [7, 11) is 1.92. The molecule has 1 aliphatic rings. The van der Waals surface area contributed by atoms with Gasteiger partial charge in [0, 0.05) is 24.5 Å². The summed E-state index contributed by atoms with van der Waals surface area (Å²) in [6.07, 6.45) is 4.68. The molecule has 104 valence electrons. The molecule has 0 saturated heterocycles. The van der Waals surface area contributed by atoms with E-state index in [1.54, 1.807) is 0 Å². The van der Waals surface area contributed by atoms with Gasteiger partial charge in [-0.05, 0) is 38.0 Å². The van der Waals surface area contributed by atoms with Gasteiger partial charge in [0.15, 0.2) is 0 Å². The van der Waals surface area contributed by atoms with Gasteiger partial charge in [-0.2, -0.15) is 0 Å². The van der Waals surface area contributed by atoms with Crippen molar-refractivity contribution in [2.24, 2.45) is 0 Å². The number of rotatable bonds is 4. The van der Waals surface area contributed by atoms with Gasteiger partial charge in [0.05, 0.1) is 0 Å². The molecule has 19 heavy (non-hydrogen) atoms. The lowest BCUT2D eigenvalue weighted by atomic mass is 10.2. The molecular weight excluding hydrogens is 238 g/mol. The number of amides is 1. The number of carbonyl (C=O) groups excluding carboxylic acids is 1. The Hall–Kier alpha value is -1.71. The normalized spacial score (nSPS) is 17.2. The second-order valence-electron chi connectivity index (χ2n) is 5.37. The quantitative estimate of drug-likeness (QED) is 0.817. The summed E-state index contributed by atoms with van der Waals surface area (Å²) < 4.78 is 0. The van der Waals surface area contributed by atoms with Crippen molar-refractivity contribution < 1.29 is 4.79 Å². The largest absolute Gasteiger partial charge is 0.399 e. The van der Waals surface area contributed by atoms with Crippen molar-refractivity contribution in [3.63, 3.8) is 0 Å². The highest BCUT2D eigenvalue weighted by molar-refractivity contribution is 5.85. The Balaban J connectivity index is 1.97. The molecule has 1 unspecified atom stereocenters. The van der Waals surface area contributed by atoms with E-state index in [1.165, 1.54) is 12.8 Å². The van der Waals surface area contributed by atoms with E-state index >= 15 is 0 Å². The molecule has 4 heteroatoms. The van der Waals surface area contributed by atoms with Crippen molar-refractivity contribution in [1.82, 2.24) is 5.32 Å². The summed E-state index contributed by atoms with van der Waals surface area (Å²) in [6, 6.07) is 7.78. The molecule has 1 aromatic carbocycles. The standard InChI is InChI=1S/C15H23N3O/c1-11(15(19)17-13-7-3-4-8-13)18(2)14-9-5-6-12(16)10-14/h5-6,9-11,13H,3-4,7-8,16H2,1-2H3,(H,17,19). The van der Waals surface area contributed by atoms with E-state index in [0.717, 1.165) is 18.5 Å². The maximum atomic E-state index is 12.2. The van der Waals surface area contributed by atoms with Gasteiger partial charge in [0.25, 0.3) is 0 Å². The van der Waals surface area contributed by atoms with Crippen LogP contribution in [0.1, 0.15) is 32.6 Å². The Morgan fingerprint density at radius 2 is 2.11 bits per heavy atom. The summed E-state index contributed by atoms with van der Waals surface area (Å²) in [5.74, 6) is 0.0943. The van der Waals surface area contributed by atoms with Crippen molar-refractivity contribution >= 4 is 17.3 Å². The number of nitrogens with zero attached hydrogens (tertiary/aromatic N) is 1. The van der Waals surface area contributed by atoms with E-state index in [2.05, 4.69) is 5.32 Å². The minimum atomic E-state index is -0.192. The van der Waals surface area contributed by atoms with Crippen LogP contribution in [0.15, 0.2) is 24.3 Å². The van der Waals surface area contributed by atoms with E-state index < -0.39 is 0 Å². The zero-order valence-electron chi connectivity index (χ0n) is 11.7. The summed E-state index contributed by atoms with van der Waals surface area (Å²) in [5.41, 5.74) is 7.46. The zero-order chi connectivity index (χ0) is 13.8. The highest BCUT2D eigenvalue weighted by Gasteiger charge is 2.23. The van der Waals surface area contributed by atoms with E-state index in [9.17, 15) is 4.79 Å². The summed E-state index contributed by atoms with van der Waals surface area (Å²) in [6.45, 7) is 1.92. The van der Waals surface area contributed by atoms with Crippen LogP contribution in [0.3, 0.4) is 0 Å². The number of nitrogen functional groups attached to an aromatic ring is 1. The van der Waals surface area contributed by atoms with Gasteiger partial charge in [0.1, 0.15) is 6.04 Å². The molecule has 1 amide bonds. The molecule has 2 rings (SSSR count). The number of hydrogen-bond acceptors (Lipinski definition) is 3. The first kappa shape index (κ1) is 13.7. The highest BCUT2D eigenvalue weighted by Crippen LogP contribution is 2.20. The average Bonchev–Trinajstić information content (AvgIpc) is 2.89. The third-order valence-corrected chi connectivity index (χ3v) is 3.94. The summed E-state index contributed by atoms with van der Waals surface area (Å²) in [4.78, 5) is 14.2. The van der Waals surface area contributed by atoms with Crippen LogP contribution in [0.5, 0.6) is 0 Å². The van der Waals surface area contributed by atoms with Crippen LogP contribution >= 0.6 is 0 Å². The topological polar surface area (TPSA) is 58.4 Å². The number of nitrogens with one attached hydrogen (secondary N) is 1. The molecule has 1 aliphatic carbocycles. The second kappa shape index (κ2) is 5.95. The summed E-state index contributed by atoms with van der Waals surface area (Å²) in [5, 5.41) is 3.13. The maximum Gasteiger partial charge on any atom is 0.242 e. The molecule has 3 N–H and O–H groups in total. The molecule has 0 spiro atoms. The van der Waals surface area contributed by atoms with Crippen LogP contribution in [0, 0.1) is 0 Å². The van der Waals surface area contributed by atoms with Crippen molar-refractivity contribution in [2.45, 2.75) is 44.7 Å². The molecule has 1 fully saturated rings. The van der Waals surface area contributed by atoms with Gasteiger partial charge in [-0.3, -0.25) is 4.79 Å². The lowest BCUT2D eigenvalue weighted by Gasteiger charge is -2.27. The molecule has 0 bridgehead atoms. The number of nitrogens with two attached hydrogens (primary N) is 1. The fraction of sp³-hybridized carbons (Fsp3) is 0.533. The van der Waals surface area contributed by atoms with Gasteiger partial charge >= 0.3 is 0 Å². The molecule has 0 heterocycles. The fourth-order valence-electron chi connectivity index (χ4n) is 2.54. The number of hydrogen-bond donors (Lipinski definition) is 2. The third-order valence-electron chi connectivity index (χ3n) is 3.94. The van der Waals surface area contributed by atoms with Gasteiger partial charge in [-0.25, -0.2) is 0 Å². The number of likely N-dealkylation sites (N-methyl/N-ethyl adjacent to an activating group) is 1. The molecule has 0 aliphatic heterocycles. The highest BCUT2D eigenvalue weighted by atomic mass is 16.2. The first-order valence-corrected chi connectivity index (χ1v) is 6.96. The molecule has 1 saturated carbocycles. The van der Waals surface area contributed by atoms with E-state index in [-0.39, 0.29) is 11.9 Å². The molecule has 0 radical (unpaired) electrons. The first-order chi connectivity index (χ1) is 9.08. The molecule has 0 aromatic heterocycles. The number of carbonyl (C=O) groups is 1.